The number of alkyl carbamates (subject to hydrolysis) is 1. The molecule has 0 bridgehead atoms. The van der Waals surface area contributed by atoms with Crippen LogP contribution in [-0.4, -0.2) is 23.5 Å². The van der Waals surface area contributed by atoms with Crippen LogP contribution in [0, 0.1) is 5.41 Å². The molecule has 2 aromatic carbocycles. The first kappa shape index (κ1) is 18.6. The van der Waals surface area contributed by atoms with Gasteiger partial charge in [0.1, 0.15) is 17.2 Å². The highest BCUT2D eigenvalue weighted by molar-refractivity contribution is 6.04. The van der Waals surface area contributed by atoms with Gasteiger partial charge < -0.3 is 9.47 Å². The number of carbonyl (C=O) groups excluding carboxylic acids is 2. The molecule has 0 radical (unpaired) electrons. The average molecular weight is 366 g/mol. The Balaban J connectivity index is 1.79. The number of benzene rings is 2. The van der Waals surface area contributed by atoms with Crippen molar-refractivity contribution in [3.05, 3.63) is 64.7 Å². The van der Waals surface area contributed by atoms with Crippen molar-refractivity contribution in [2.24, 2.45) is 0 Å². The van der Waals surface area contributed by atoms with Crippen molar-refractivity contribution < 1.29 is 19.1 Å². The number of hydrogen-bond acceptors (Lipinski definition) is 5. The van der Waals surface area contributed by atoms with E-state index in [9.17, 15) is 9.59 Å². The summed E-state index contributed by atoms with van der Waals surface area (Å²) in [7, 11) is 0. The van der Waals surface area contributed by atoms with Crippen LogP contribution in [-0.2, 0) is 17.6 Å². The lowest BCUT2D eigenvalue weighted by Gasteiger charge is -2.20. The summed E-state index contributed by atoms with van der Waals surface area (Å²) in [4.78, 5) is 24.2. The molecule has 0 fully saturated rings. The number of nitrogens with one attached hydrogen (secondary N) is 2. The monoisotopic (exact) mass is 366 g/mol. The van der Waals surface area contributed by atoms with Crippen LogP contribution in [0.1, 0.15) is 47.8 Å². The van der Waals surface area contributed by atoms with Crippen LogP contribution in [0.5, 0.6) is 5.75 Å². The lowest BCUT2D eigenvalue weighted by Crippen LogP contribution is -2.36. The predicted octanol–water partition coefficient (Wildman–Crippen LogP) is 3.85. The molecular weight excluding hydrogens is 344 g/mol. The second-order valence-corrected chi connectivity index (χ2v) is 7.37. The molecule has 1 amide bonds. The van der Waals surface area contributed by atoms with E-state index in [1.807, 2.05) is 18.2 Å². The Morgan fingerprint density at radius 3 is 2.56 bits per heavy atom. The van der Waals surface area contributed by atoms with E-state index < -0.39 is 11.7 Å². The Kier molecular flexibility index (Phi) is 4.99. The fraction of sp³-hybridized carbons (Fsp3) is 0.286. The van der Waals surface area contributed by atoms with E-state index >= 15 is 0 Å². The van der Waals surface area contributed by atoms with E-state index in [2.05, 4.69) is 5.32 Å². The third kappa shape index (κ3) is 4.53. The zero-order valence-electron chi connectivity index (χ0n) is 15.6. The molecule has 6 heteroatoms. The van der Waals surface area contributed by atoms with E-state index in [1.54, 1.807) is 45.0 Å². The van der Waals surface area contributed by atoms with Crippen LogP contribution in [0.25, 0.3) is 0 Å². The quantitative estimate of drug-likeness (QED) is 0.347. The topological polar surface area (TPSA) is 88.5 Å². The third-order valence-corrected chi connectivity index (χ3v) is 4.08. The van der Waals surface area contributed by atoms with E-state index in [1.165, 1.54) is 0 Å². The van der Waals surface area contributed by atoms with Gasteiger partial charge >= 0.3 is 12.1 Å². The van der Waals surface area contributed by atoms with E-state index in [-0.39, 0.29) is 11.8 Å². The lowest BCUT2D eigenvalue weighted by atomic mass is 9.96. The predicted molar refractivity (Wildman–Crippen MR) is 101 cm³/mol. The normalized spacial score (nSPS) is 13.4. The fourth-order valence-electron chi connectivity index (χ4n) is 2.87. The van der Waals surface area contributed by atoms with Gasteiger partial charge in [0, 0.05) is 5.56 Å². The molecule has 1 heterocycles. The van der Waals surface area contributed by atoms with Crippen molar-refractivity contribution in [2.45, 2.75) is 39.2 Å². The minimum atomic E-state index is -0.681. The molecule has 1 aliphatic rings. The summed E-state index contributed by atoms with van der Waals surface area (Å²) in [5.41, 5.74) is 2.19. The molecule has 2 aromatic rings. The molecule has 0 saturated carbocycles. The van der Waals surface area contributed by atoms with Crippen LogP contribution in [0.2, 0.25) is 0 Å². The molecule has 0 atom stereocenters. The van der Waals surface area contributed by atoms with Gasteiger partial charge in [0.05, 0.1) is 5.56 Å². The van der Waals surface area contributed by atoms with E-state index in [4.69, 9.17) is 14.9 Å². The molecule has 6 nitrogen and oxygen atoms in total. The van der Waals surface area contributed by atoms with Crippen molar-refractivity contribution in [3.8, 4) is 5.75 Å². The number of carbonyl (C=O) groups is 2. The summed E-state index contributed by atoms with van der Waals surface area (Å²) in [6.07, 6.45) is 0.668. The zero-order valence-corrected chi connectivity index (χ0v) is 15.6. The third-order valence-electron chi connectivity index (χ3n) is 4.08. The number of hydrogen-bond donors (Lipinski definition) is 2. The number of ether oxygens (including phenoxy) is 2. The first-order valence-corrected chi connectivity index (χ1v) is 8.75. The second-order valence-electron chi connectivity index (χ2n) is 7.37. The SMILES string of the molecule is CC(C)(C)OC(=O)NC(=N)c1ccc2c(c1)CCc1ccccc1C(=O)O2. The van der Waals surface area contributed by atoms with Crippen LogP contribution in [0.4, 0.5) is 4.79 Å². The van der Waals surface area contributed by atoms with Gasteiger partial charge in [-0.1, -0.05) is 18.2 Å². The molecule has 0 aromatic heterocycles. The van der Waals surface area contributed by atoms with Gasteiger partial charge in [-0.2, -0.15) is 0 Å². The summed E-state index contributed by atoms with van der Waals surface area (Å²) in [5, 5.41) is 10.5. The van der Waals surface area contributed by atoms with Crippen LogP contribution >= 0.6 is 0 Å². The van der Waals surface area contributed by atoms with Crippen molar-refractivity contribution in [2.75, 3.05) is 0 Å². The molecule has 140 valence electrons. The van der Waals surface area contributed by atoms with Gasteiger partial charge in [0.2, 0.25) is 0 Å². The zero-order chi connectivity index (χ0) is 19.6. The Hall–Kier alpha value is -3.15. The summed E-state index contributed by atoms with van der Waals surface area (Å²) in [5.74, 6) is 0.0189. The van der Waals surface area contributed by atoms with Gasteiger partial charge in [-0.3, -0.25) is 10.7 Å². The van der Waals surface area contributed by atoms with Gasteiger partial charge in [0.15, 0.2) is 0 Å². The first-order chi connectivity index (χ1) is 12.7. The fourth-order valence-corrected chi connectivity index (χ4v) is 2.87. The number of esters is 1. The maximum atomic E-state index is 12.4. The van der Waals surface area contributed by atoms with Gasteiger partial charge in [0.25, 0.3) is 0 Å². The van der Waals surface area contributed by atoms with E-state index in [0.717, 1.165) is 11.1 Å². The average Bonchev–Trinajstić information content (AvgIpc) is 2.57. The molecule has 3 rings (SSSR count). The maximum absolute atomic E-state index is 12.4. The Morgan fingerprint density at radius 1 is 1.11 bits per heavy atom. The number of amidine groups is 1. The highest BCUT2D eigenvalue weighted by Crippen LogP contribution is 2.27. The second kappa shape index (κ2) is 7.23. The summed E-state index contributed by atoms with van der Waals surface area (Å²) in [6.45, 7) is 5.27. The molecule has 27 heavy (non-hydrogen) atoms. The van der Waals surface area contributed by atoms with Crippen molar-refractivity contribution in [3.63, 3.8) is 0 Å². The molecule has 0 spiro atoms. The Labute approximate surface area is 158 Å². The highest BCUT2D eigenvalue weighted by Gasteiger charge is 2.21. The van der Waals surface area contributed by atoms with Crippen molar-refractivity contribution >= 4 is 17.9 Å². The first-order valence-electron chi connectivity index (χ1n) is 8.75. The lowest BCUT2D eigenvalue weighted by molar-refractivity contribution is 0.0562. The molecule has 0 unspecified atom stereocenters. The number of rotatable bonds is 1. The summed E-state index contributed by atoms with van der Waals surface area (Å²) < 4.78 is 10.7. The van der Waals surface area contributed by atoms with Crippen molar-refractivity contribution in [1.29, 1.82) is 5.41 Å². The van der Waals surface area contributed by atoms with Gasteiger partial charge in [-0.05, 0) is 69.0 Å². The molecular formula is C21H22N2O4. The number of fused-ring (bicyclic) bond motifs is 2. The standard InChI is InChI=1S/C21H22N2O4/c1-21(2,3)27-20(25)23-18(22)15-10-11-17-14(12-15)9-8-13-6-4-5-7-16(13)19(24)26-17/h4-7,10-12H,8-9H2,1-3H3,(H2,22,23,25). The smallest absolute Gasteiger partial charge is 0.413 e. The van der Waals surface area contributed by atoms with Gasteiger partial charge in [-0.25, -0.2) is 9.59 Å². The molecule has 0 saturated heterocycles. The molecule has 2 N–H and O–H groups in total. The number of amides is 1. The Bertz CT molecular complexity index is 913. The van der Waals surface area contributed by atoms with E-state index in [0.29, 0.717) is 29.7 Å². The van der Waals surface area contributed by atoms with Crippen LogP contribution < -0.4 is 10.1 Å². The molecule has 0 aliphatic carbocycles. The largest absolute Gasteiger partial charge is 0.444 e. The summed E-state index contributed by atoms with van der Waals surface area (Å²) in [6, 6.07) is 12.4. The molecule has 1 aliphatic heterocycles. The minimum absolute atomic E-state index is 0.0687. The van der Waals surface area contributed by atoms with Crippen LogP contribution in [0.15, 0.2) is 42.5 Å². The maximum Gasteiger partial charge on any atom is 0.413 e. The number of aryl methyl sites for hydroxylation is 2. The Morgan fingerprint density at radius 2 is 1.81 bits per heavy atom. The van der Waals surface area contributed by atoms with Gasteiger partial charge in [-0.15, -0.1) is 0 Å². The highest BCUT2D eigenvalue weighted by atomic mass is 16.6. The summed E-state index contributed by atoms with van der Waals surface area (Å²) >= 11 is 0. The minimum Gasteiger partial charge on any atom is -0.444 e. The van der Waals surface area contributed by atoms with Crippen molar-refractivity contribution in [1.82, 2.24) is 5.32 Å². The van der Waals surface area contributed by atoms with Crippen LogP contribution in [0.3, 0.4) is 0 Å².